The maximum atomic E-state index is 13.1. The Morgan fingerprint density at radius 3 is 2.55 bits per heavy atom. The van der Waals surface area contributed by atoms with Gasteiger partial charge in [-0.05, 0) is 80.3 Å². The van der Waals surface area contributed by atoms with Crippen LogP contribution in [0.5, 0.6) is 5.75 Å². The van der Waals surface area contributed by atoms with E-state index >= 15 is 0 Å². The topological polar surface area (TPSA) is 124 Å². The number of hydrogen-bond acceptors (Lipinski definition) is 8. The van der Waals surface area contributed by atoms with Gasteiger partial charge in [-0.2, -0.15) is 0 Å². The lowest BCUT2D eigenvalue weighted by Gasteiger charge is -2.24. The van der Waals surface area contributed by atoms with Gasteiger partial charge in [-0.3, -0.25) is 4.79 Å². The Labute approximate surface area is 234 Å². The van der Waals surface area contributed by atoms with E-state index in [1.54, 1.807) is 11.8 Å². The molecule has 2 atom stereocenters. The van der Waals surface area contributed by atoms with Gasteiger partial charge in [0.05, 0.1) is 25.3 Å². The summed E-state index contributed by atoms with van der Waals surface area (Å²) in [5, 5.41) is 14.4. The summed E-state index contributed by atoms with van der Waals surface area (Å²) in [4.78, 5) is 27.1. The van der Waals surface area contributed by atoms with E-state index in [9.17, 15) is 14.8 Å². The number of carbonyl (C=O) groups is 2. The van der Waals surface area contributed by atoms with Crippen molar-refractivity contribution in [1.29, 1.82) is 0 Å². The number of rotatable bonds is 8. The first-order valence-electron chi connectivity index (χ1n) is 13.5. The Hall–Kier alpha value is -4.27. The van der Waals surface area contributed by atoms with Gasteiger partial charge in [-0.1, -0.05) is 35.5 Å². The SMILES string of the molecule is CCOC(=O)[C@@H](Cc1ccc2ccc(N)cc2c1C=NO)c1ccc(O[C@H]2CCN(C(=O)OC(C)(C)C)C2)cc1. The zero-order chi connectivity index (χ0) is 28.9. The molecule has 0 radical (unpaired) electrons. The summed E-state index contributed by atoms with van der Waals surface area (Å²) < 4.78 is 17.0. The van der Waals surface area contributed by atoms with Crippen LogP contribution in [0.25, 0.3) is 10.8 Å². The summed E-state index contributed by atoms with van der Waals surface area (Å²) in [5.74, 6) is -0.288. The Balaban J connectivity index is 1.52. The van der Waals surface area contributed by atoms with Gasteiger partial charge >= 0.3 is 12.1 Å². The first-order chi connectivity index (χ1) is 19.1. The molecule has 3 N–H and O–H groups in total. The van der Waals surface area contributed by atoms with Crippen LogP contribution in [0, 0.1) is 0 Å². The second-order valence-corrected chi connectivity index (χ2v) is 10.9. The normalized spacial score (nSPS) is 16.3. The van der Waals surface area contributed by atoms with E-state index in [4.69, 9.17) is 19.9 Å². The Bertz CT molecular complexity index is 1380. The predicted molar refractivity (Wildman–Crippen MR) is 154 cm³/mol. The van der Waals surface area contributed by atoms with Crippen molar-refractivity contribution in [1.82, 2.24) is 4.90 Å². The number of nitrogens with zero attached hydrogens (tertiary/aromatic N) is 2. The highest BCUT2D eigenvalue weighted by atomic mass is 16.6. The second kappa shape index (κ2) is 12.3. The highest BCUT2D eigenvalue weighted by Crippen LogP contribution is 2.30. The summed E-state index contributed by atoms with van der Waals surface area (Å²) in [5.41, 5.74) is 8.34. The predicted octanol–water partition coefficient (Wildman–Crippen LogP) is 5.51. The van der Waals surface area contributed by atoms with Gasteiger partial charge in [0.2, 0.25) is 0 Å². The van der Waals surface area contributed by atoms with Gasteiger partial charge in [0, 0.05) is 24.2 Å². The highest BCUT2D eigenvalue weighted by Gasteiger charge is 2.31. The van der Waals surface area contributed by atoms with E-state index in [0.717, 1.165) is 21.9 Å². The van der Waals surface area contributed by atoms with Gasteiger partial charge in [0.15, 0.2) is 0 Å². The average molecular weight is 548 g/mol. The molecule has 1 amide bonds. The third-order valence-electron chi connectivity index (χ3n) is 6.74. The van der Waals surface area contributed by atoms with Crippen LogP contribution in [-0.2, 0) is 20.7 Å². The molecule has 0 spiro atoms. The minimum absolute atomic E-state index is 0.149. The summed E-state index contributed by atoms with van der Waals surface area (Å²) in [7, 11) is 0. The molecule has 0 unspecified atom stereocenters. The maximum Gasteiger partial charge on any atom is 0.410 e. The van der Waals surface area contributed by atoms with Crippen molar-refractivity contribution in [2.24, 2.45) is 5.16 Å². The van der Waals surface area contributed by atoms with E-state index in [2.05, 4.69) is 5.16 Å². The average Bonchev–Trinajstić information content (AvgIpc) is 3.37. The van der Waals surface area contributed by atoms with Crippen molar-refractivity contribution < 1.29 is 29.0 Å². The van der Waals surface area contributed by atoms with Gasteiger partial charge in [-0.15, -0.1) is 0 Å². The number of nitrogens with two attached hydrogens (primary N) is 1. The Morgan fingerprint density at radius 2 is 1.88 bits per heavy atom. The van der Waals surface area contributed by atoms with Crippen LogP contribution in [0.15, 0.2) is 59.8 Å². The van der Waals surface area contributed by atoms with E-state index in [1.807, 2.05) is 75.4 Å². The zero-order valence-corrected chi connectivity index (χ0v) is 23.4. The van der Waals surface area contributed by atoms with Gasteiger partial charge in [0.25, 0.3) is 0 Å². The fraction of sp³-hybridized carbons (Fsp3) is 0.387. The van der Waals surface area contributed by atoms with Crippen molar-refractivity contribution in [2.45, 2.75) is 58.2 Å². The van der Waals surface area contributed by atoms with E-state index < -0.39 is 11.5 Å². The molecular formula is C31H37N3O6. The number of carbonyl (C=O) groups excluding carboxylic acids is 2. The number of nitrogen functional groups attached to an aromatic ring is 1. The van der Waals surface area contributed by atoms with Crippen molar-refractivity contribution in [3.05, 3.63) is 71.3 Å². The number of likely N-dealkylation sites (tertiary alicyclic amines) is 1. The molecular weight excluding hydrogens is 510 g/mol. The lowest BCUT2D eigenvalue weighted by atomic mass is 9.88. The van der Waals surface area contributed by atoms with Gasteiger partial charge in [-0.25, -0.2) is 4.79 Å². The van der Waals surface area contributed by atoms with Crippen LogP contribution < -0.4 is 10.5 Å². The highest BCUT2D eigenvalue weighted by molar-refractivity contribution is 6.02. The number of oxime groups is 1. The van der Waals surface area contributed by atoms with Crippen LogP contribution in [0.3, 0.4) is 0 Å². The smallest absolute Gasteiger partial charge is 0.410 e. The lowest BCUT2D eigenvalue weighted by molar-refractivity contribution is -0.144. The quantitative estimate of drug-likeness (QED) is 0.125. The molecule has 212 valence electrons. The van der Waals surface area contributed by atoms with Crippen molar-refractivity contribution >= 4 is 34.7 Å². The fourth-order valence-electron chi connectivity index (χ4n) is 4.88. The van der Waals surface area contributed by atoms with E-state index in [-0.39, 0.29) is 24.8 Å². The van der Waals surface area contributed by atoms with Crippen LogP contribution >= 0.6 is 0 Å². The number of hydrogen-bond donors (Lipinski definition) is 2. The number of benzene rings is 3. The van der Waals surface area contributed by atoms with Crippen molar-refractivity contribution in [3.63, 3.8) is 0 Å². The van der Waals surface area contributed by atoms with Crippen LogP contribution in [-0.4, -0.2) is 59.8 Å². The monoisotopic (exact) mass is 547 g/mol. The molecule has 9 nitrogen and oxygen atoms in total. The molecule has 1 aliphatic rings. The standard InChI is InChI=1S/C31H37N3O6/c1-5-38-29(35)27(16-22-7-6-20-8-11-23(32)17-26(20)28(22)18-33-37)21-9-12-24(13-10-21)39-25-14-15-34(19-25)30(36)40-31(2,3)4/h6-13,17-18,25,27,37H,5,14-16,19,32H2,1-4H3/t25-,27-/m0/s1. The van der Waals surface area contributed by atoms with Gasteiger partial charge < -0.3 is 30.1 Å². The molecule has 0 aromatic heterocycles. The second-order valence-electron chi connectivity index (χ2n) is 10.9. The minimum Gasteiger partial charge on any atom is -0.489 e. The van der Waals surface area contributed by atoms with Gasteiger partial charge in [0.1, 0.15) is 17.5 Å². The van der Waals surface area contributed by atoms with Crippen LogP contribution in [0.2, 0.25) is 0 Å². The first-order valence-corrected chi connectivity index (χ1v) is 13.5. The summed E-state index contributed by atoms with van der Waals surface area (Å²) in [6.45, 7) is 8.58. The third-order valence-corrected chi connectivity index (χ3v) is 6.74. The molecule has 0 saturated carbocycles. The number of anilines is 1. The zero-order valence-electron chi connectivity index (χ0n) is 23.4. The van der Waals surface area contributed by atoms with E-state index in [0.29, 0.717) is 42.9 Å². The molecule has 4 rings (SSSR count). The summed E-state index contributed by atoms with van der Waals surface area (Å²) in [6.07, 6.45) is 1.92. The lowest BCUT2D eigenvalue weighted by Crippen LogP contribution is -2.36. The van der Waals surface area contributed by atoms with Crippen molar-refractivity contribution in [3.8, 4) is 5.75 Å². The fourth-order valence-corrected chi connectivity index (χ4v) is 4.88. The maximum absolute atomic E-state index is 13.1. The number of ether oxygens (including phenoxy) is 3. The minimum atomic E-state index is -0.590. The number of fused-ring (bicyclic) bond motifs is 1. The molecule has 0 bridgehead atoms. The molecule has 40 heavy (non-hydrogen) atoms. The van der Waals surface area contributed by atoms with Crippen molar-refractivity contribution in [2.75, 3.05) is 25.4 Å². The molecule has 1 saturated heterocycles. The number of amides is 1. The van der Waals surface area contributed by atoms with Crippen LogP contribution in [0.1, 0.15) is 56.7 Å². The van der Waals surface area contributed by atoms with Crippen LogP contribution in [0.4, 0.5) is 10.5 Å². The van der Waals surface area contributed by atoms with E-state index in [1.165, 1.54) is 6.21 Å². The third kappa shape index (κ3) is 7.02. The first kappa shape index (κ1) is 28.7. The molecule has 3 aromatic rings. The summed E-state index contributed by atoms with van der Waals surface area (Å²) in [6, 6.07) is 16.8. The molecule has 1 fully saturated rings. The molecule has 3 aromatic carbocycles. The number of esters is 1. The summed E-state index contributed by atoms with van der Waals surface area (Å²) >= 11 is 0. The Morgan fingerprint density at radius 1 is 1.15 bits per heavy atom. The Kier molecular flexibility index (Phi) is 8.82. The molecule has 1 heterocycles. The largest absolute Gasteiger partial charge is 0.489 e. The molecule has 1 aliphatic heterocycles. The molecule has 0 aliphatic carbocycles. The molecule has 9 heteroatoms.